The van der Waals surface area contributed by atoms with Crippen molar-refractivity contribution in [3.8, 4) is 0 Å². The number of hydrogen-bond acceptors (Lipinski definition) is 3. The van der Waals surface area contributed by atoms with Crippen molar-refractivity contribution in [2.75, 3.05) is 13.7 Å². The molecule has 0 amide bonds. The van der Waals surface area contributed by atoms with Gasteiger partial charge in [-0.05, 0) is 35.7 Å². The van der Waals surface area contributed by atoms with Gasteiger partial charge in [0.25, 0.3) is 0 Å². The van der Waals surface area contributed by atoms with E-state index < -0.39 is 0 Å². The molecule has 0 radical (unpaired) electrons. The molecule has 0 aliphatic carbocycles. The summed E-state index contributed by atoms with van der Waals surface area (Å²) in [4.78, 5) is 14.9. The monoisotopic (exact) mass is 213 g/mol. The van der Waals surface area contributed by atoms with Gasteiger partial charge in [-0.25, -0.2) is 0 Å². The Morgan fingerprint density at radius 3 is 2.71 bits per heavy atom. The first kappa shape index (κ1) is 11.1. The minimum atomic E-state index is -0.358. The van der Waals surface area contributed by atoms with Crippen LogP contribution < -0.4 is 0 Å². The molecule has 1 atom stereocenters. The summed E-state index contributed by atoms with van der Waals surface area (Å²) in [6.07, 6.45) is 3.98. The van der Waals surface area contributed by atoms with Gasteiger partial charge in [-0.3, -0.25) is 9.78 Å². The second-order valence-electron chi connectivity index (χ2n) is 3.02. The Morgan fingerprint density at radius 1 is 1.57 bits per heavy atom. The molecule has 0 N–H and O–H groups in total. The van der Waals surface area contributed by atoms with Crippen LogP contribution in [-0.4, -0.2) is 23.9 Å². The third kappa shape index (κ3) is 3.44. The predicted octanol–water partition coefficient (Wildman–Crippen LogP) is 1.65. The molecule has 1 rings (SSSR count). The van der Waals surface area contributed by atoms with Crippen LogP contribution in [0.15, 0.2) is 24.5 Å². The molecular formula is C10H12ClNO2. The predicted molar refractivity (Wildman–Crippen MR) is 54.2 cm³/mol. The third-order valence-electron chi connectivity index (χ3n) is 1.92. The van der Waals surface area contributed by atoms with Gasteiger partial charge in [0.15, 0.2) is 0 Å². The van der Waals surface area contributed by atoms with E-state index in [-0.39, 0.29) is 11.2 Å². The van der Waals surface area contributed by atoms with E-state index in [1.807, 2.05) is 12.1 Å². The molecule has 14 heavy (non-hydrogen) atoms. The normalized spacial score (nSPS) is 12.4. The maximum atomic E-state index is 11.0. The Morgan fingerprint density at radius 2 is 2.21 bits per heavy atom. The molecule has 4 heteroatoms. The summed E-state index contributed by atoms with van der Waals surface area (Å²) >= 11 is 5.44. The van der Waals surface area contributed by atoms with Crippen molar-refractivity contribution in [1.29, 1.82) is 0 Å². The first-order valence-electron chi connectivity index (χ1n) is 4.31. The first-order valence-corrected chi connectivity index (χ1v) is 4.69. The number of pyridine rings is 1. The van der Waals surface area contributed by atoms with Gasteiger partial charge in [0, 0.05) is 19.5 Å². The maximum Gasteiger partial charge on any atom is 0.227 e. The van der Waals surface area contributed by atoms with Crippen LogP contribution in [0.2, 0.25) is 0 Å². The molecule has 1 aromatic rings. The highest BCUT2D eigenvalue weighted by atomic mass is 35.5. The van der Waals surface area contributed by atoms with Crippen molar-refractivity contribution in [2.45, 2.75) is 6.42 Å². The standard InChI is InChI=1S/C10H12ClNO2/c1-14-7-9(10(11)13)6-8-2-4-12-5-3-8/h2-5,9H,6-7H2,1H3. The first-order chi connectivity index (χ1) is 6.74. The van der Waals surface area contributed by atoms with Crippen molar-refractivity contribution in [3.63, 3.8) is 0 Å². The highest BCUT2D eigenvalue weighted by Crippen LogP contribution is 2.11. The van der Waals surface area contributed by atoms with Crippen LogP contribution in [0.5, 0.6) is 0 Å². The smallest absolute Gasteiger partial charge is 0.227 e. The number of carbonyl (C=O) groups is 1. The molecule has 0 aliphatic heterocycles. The van der Waals surface area contributed by atoms with Gasteiger partial charge in [-0.15, -0.1) is 0 Å². The SMILES string of the molecule is COCC(Cc1ccncc1)C(=O)Cl. The average molecular weight is 214 g/mol. The molecule has 1 heterocycles. The Bertz CT molecular complexity index is 289. The van der Waals surface area contributed by atoms with Gasteiger partial charge >= 0.3 is 0 Å². The fourth-order valence-corrected chi connectivity index (χ4v) is 1.35. The van der Waals surface area contributed by atoms with Crippen molar-refractivity contribution >= 4 is 16.8 Å². The summed E-state index contributed by atoms with van der Waals surface area (Å²) in [5.74, 6) is -0.274. The van der Waals surface area contributed by atoms with Crippen LogP contribution in [0, 0.1) is 5.92 Å². The summed E-state index contributed by atoms with van der Waals surface area (Å²) in [6.45, 7) is 0.352. The molecule has 1 unspecified atom stereocenters. The zero-order valence-electron chi connectivity index (χ0n) is 7.94. The lowest BCUT2D eigenvalue weighted by molar-refractivity contribution is -0.116. The Hall–Kier alpha value is -0.930. The number of ether oxygens (including phenoxy) is 1. The van der Waals surface area contributed by atoms with E-state index in [4.69, 9.17) is 16.3 Å². The van der Waals surface area contributed by atoms with Gasteiger partial charge < -0.3 is 4.74 Å². The number of methoxy groups -OCH3 is 1. The highest BCUT2D eigenvalue weighted by molar-refractivity contribution is 6.64. The topological polar surface area (TPSA) is 39.2 Å². The molecular weight excluding hydrogens is 202 g/mol. The number of aromatic nitrogens is 1. The summed E-state index contributed by atoms with van der Waals surface area (Å²) in [7, 11) is 1.55. The van der Waals surface area contributed by atoms with Crippen molar-refractivity contribution in [1.82, 2.24) is 4.98 Å². The minimum absolute atomic E-state index is 0.274. The van der Waals surface area contributed by atoms with Crippen molar-refractivity contribution < 1.29 is 9.53 Å². The Kier molecular flexibility index (Phi) is 4.56. The van der Waals surface area contributed by atoms with Crippen LogP contribution in [0.1, 0.15) is 5.56 Å². The van der Waals surface area contributed by atoms with E-state index in [1.54, 1.807) is 19.5 Å². The van der Waals surface area contributed by atoms with Crippen LogP contribution in [-0.2, 0) is 16.0 Å². The van der Waals surface area contributed by atoms with E-state index in [2.05, 4.69) is 4.98 Å². The van der Waals surface area contributed by atoms with Crippen LogP contribution >= 0.6 is 11.6 Å². The zero-order chi connectivity index (χ0) is 10.4. The molecule has 0 bridgehead atoms. The quantitative estimate of drug-likeness (QED) is 0.699. The molecule has 1 aromatic heterocycles. The van der Waals surface area contributed by atoms with Gasteiger partial charge in [0.05, 0.1) is 12.5 Å². The minimum Gasteiger partial charge on any atom is -0.384 e. The molecule has 0 fully saturated rings. The van der Waals surface area contributed by atoms with Crippen molar-refractivity contribution in [3.05, 3.63) is 30.1 Å². The number of rotatable bonds is 5. The van der Waals surface area contributed by atoms with E-state index >= 15 is 0 Å². The summed E-state index contributed by atoms with van der Waals surface area (Å²) in [5.41, 5.74) is 1.04. The van der Waals surface area contributed by atoms with Gasteiger partial charge in [0.2, 0.25) is 5.24 Å². The summed E-state index contributed by atoms with van der Waals surface area (Å²) < 4.78 is 4.92. The fourth-order valence-electron chi connectivity index (χ4n) is 1.21. The van der Waals surface area contributed by atoms with Crippen LogP contribution in [0.25, 0.3) is 0 Å². The number of carbonyl (C=O) groups excluding carboxylic acids is 1. The second-order valence-corrected chi connectivity index (χ2v) is 3.39. The second kappa shape index (κ2) is 5.73. The molecule has 0 aliphatic rings. The maximum absolute atomic E-state index is 11.0. The average Bonchev–Trinajstić information content (AvgIpc) is 2.18. The fraction of sp³-hybridized carbons (Fsp3) is 0.400. The summed E-state index contributed by atoms with van der Waals surface area (Å²) in [6, 6.07) is 3.73. The van der Waals surface area contributed by atoms with Crippen LogP contribution in [0.4, 0.5) is 0 Å². The van der Waals surface area contributed by atoms with Gasteiger partial charge in [0.1, 0.15) is 0 Å². The summed E-state index contributed by atoms with van der Waals surface area (Å²) in [5, 5.41) is -0.358. The third-order valence-corrected chi connectivity index (χ3v) is 2.23. The largest absolute Gasteiger partial charge is 0.384 e. The Balaban J connectivity index is 2.60. The van der Waals surface area contributed by atoms with E-state index in [1.165, 1.54) is 0 Å². The number of nitrogens with zero attached hydrogens (tertiary/aromatic N) is 1. The Labute approximate surface area is 88.1 Å². The van der Waals surface area contributed by atoms with Crippen molar-refractivity contribution in [2.24, 2.45) is 5.92 Å². The van der Waals surface area contributed by atoms with Gasteiger partial charge in [-0.1, -0.05) is 0 Å². The van der Waals surface area contributed by atoms with Gasteiger partial charge in [-0.2, -0.15) is 0 Å². The van der Waals surface area contributed by atoms with E-state index in [0.717, 1.165) is 5.56 Å². The van der Waals surface area contributed by atoms with E-state index in [9.17, 15) is 4.79 Å². The molecule has 0 spiro atoms. The molecule has 0 aromatic carbocycles. The lowest BCUT2D eigenvalue weighted by Gasteiger charge is -2.10. The molecule has 76 valence electrons. The molecule has 3 nitrogen and oxygen atoms in total. The number of hydrogen-bond donors (Lipinski definition) is 0. The molecule has 0 saturated carbocycles. The van der Waals surface area contributed by atoms with Crippen LogP contribution in [0.3, 0.4) is 0 Å². The number of halogens is 1. The molecule has 0 saturated heterocycles. The lowest BCUT2D eigenvalue weighted by Crippen LogP contribution is -2.17. The van der Waals surface area contributed by atoms with E-state index in [0.29, 0.717) is 13.0 Å². The highest BCUT2D eigenvalue weighted by Gasteiger charge is 2.16. The zero-order valence-corrected chi connectivity index (χ0v) is 8.70. The lowest BCUT2D eigenvalue weighted by atomic mass is 10.0.